The van der Waals surface area contributed by atoms with Crippen LogP contribution in [0.25, 0.3) is 0 Å². The van der Waals surface area contributed by atoms with Crippen molar-refractivity contribution in [3.8, 4) is 11.5 Å². The minimum absolute atomic E-state index is 0.0222. The Morgan fingerprint density at radius 1 is 0.967 bits per heavy atom. The Bertz CT molecular complexity index is 1010. The molecule has 0 fully saturated rings. The molecule has 30 heavy (non-hydrogen) atoms. The molecule has 4 rings (SSSR count). The maximum Gasteiger partial charge on any atom is 0.238 e. The molecule has 0 saturated carbocycles. The highest BCUT2D eigenvalue weighted by Gasteiger charge is 2.31. The van der Waals surface area contributed by atoms with Crippen molar-refractivity contribution in [1.82, 2.24) is 4.90 Å². The van der Waals surface area contributed by atoms with Crippen molar-refractivity contribution < 1.29 is 14.3 Å². The van der Waals surface area contributed by atoms with Gasteiger partial charge in [-0.25, -0.2) is 0 Å². The normalized spacial score (nSPS) is 15.9. The third-order valence-corrected chi connectivity index (χ3v) is 5.49. The van der Waals surface area contributed by atoms with Gasteiger partial charge in [0.25, 0.3) is 0 Å². The summed E-state index contributed by atoms with van der Waals surface area (Å²) in [4.78, 5) is 15.0. The molecule has 1 atom stereocenters. The number of rotatable bonds is 6. The smallest absolute Gasteiger partial charge is 0.238 e. The molecule has 0 saturated heterocycles. The van der Waals surface area contributed by atoms with Crippen LogP contribution in [0.2, 0.25) is 0 Å². The topological polar surface area (TPSA) is 50.8 Å². The lowest BCUT2D eigenvalue weighted by molar-refractivity contribution is -0.117. The number of para-hydroxylation sites is 1. The van der Waals surface area contributed by atoms with E-state index in [2.05, 4.69) is 28.4 Å². The molecular formula is C25H26N2O3. The average molecular weight is 402 g/mol. The summed E-state index contributed by atoms with van der Waals surface area (Å²) in [7, 11) is 3.30. The molecule has 0 spiro atoms. The van der Waals surface area contributed by atoms with Gasteiger partial charge < -0.3 is 14.8 Å². The molecule has 5 nitrogen and oxygen atoms in total. The van der Waals surface area contributed by atoms with Gasteiger partial charge in [0.15, 0.2) is 11.5 Å². The molecule has 0 radical (unpaired) electrons. The number of hydrogen-bond acceptors (Lipinski definition) is 4. The van der Waals surface area contributed by atoms with Gasteiger partial charge in [-0.15, -0.1) is 0 Å². The second kappa shape index (κ2) is 9.01. The van der Waals surface area contributed by atoms with Crippen molar-refractivity contribution >= 4 is 11.6 Å². The summed E-state index contributed by atoms with van der Waals surface area (Å²) in [6.07, 6.45) is 0.845. The van der Waals surface area contributed by atoms with Crippen molar-refractivity contribution in [2.75, 3.05) is 32.6 Å². The fraction of sp³-hybridized carbons (Fsp3) is 0.240. The number of benzene rings is 3. The first-order valence-electron chi connectivity index (χ1n) is 10.1. The first-order chi connectivity index (χ1) is 14.7. The Balaban J connectivity index is 1.66. The van der Waals surface area contributed by atoms with Crippen molar-refractivity contribution in [2.45, 2.75) is 12.5 Å². The van der Waals surface area contributed by atoms with Gasteiger partial charge >= 0.3 is 0 Å². The summed E-state index contributed by atoms with van der Waals surface area (Å²) in [6, 6.07) is 23.9. The monoisotopic (exact) mass is 402 g/mol. The highest BCUT2D eigenvalue weighted by molar-refractivity contribution is 5.92. The summed E-state index contributed by atoms with van der Waals surface area (Å²) in [5.41, 5.74) is 4.33. The largest absolute Gasteiger partial charge is 0.493 e. The summed E-state index contributed by atoms with van der Waals surface area (Å²) >= 11 is 0. The zero-order chi connectivity index (χ0) is 20.9. The molecule has 3 aromatic carbocycles. The van der Waals surface area contributed by atoms with Crippen molar-refractivity contribution in [3.63, 3.8) is 0 Å². The second-order valence-electron chi connectivity index (χ2n) is 7.35. The molecule has 0 aliphatic carbocycles. The van der Waals surface area contributed by atoms with E-state index in [1.54, 1.807) is 14.2 Å². The number of carbonyl (C=O) groups is 1. The van der Waals surface area contributed by atoms with Gasteiger partial charge in [0.05, 0.1) is 26.8 Å². The first-order valence-corrected chi connectivity index (χ1v) is 10.1. The fourth-order valence-electron chi connectivity index (χ4n) is 4.10. The Hall–Kier alpha value is -3.31. The molecule has 1 aliphatic rings. The Kier molecular flexibility index (Phi) is 6.00. The summed E-state index contributed by atoms with van der Waals surface area (Å²) < 4.78 is 11.1. The van der Waals surface area contributed by atoms with Crippen LogP contribution in [0.3, 0.4) is 0 Å². The van der Waals surface area contributed by atoms with E-state index in [1.807, 2.05) is 54.6 Å². The van der Waals surface area contributed by atoms with E-state index in [0.717, 1.165) is 35.5 Å². The zero-order valence-electron chi connectivity index (χ0n) is 17.3. The lowest BCUT2D eigenvalue weighted by atomic mass is 9.87. The number of carbonyl (C=O) groups excluding carboxylic acids is 1. The second-order valence-corrected chi connectivity index (χ2v) is 7.35. The third-order valence-electron chi connectivity index (χ3n) is 5.49. The molecule has 1 heterocycles. The minimum atomic E-state index is -0.0312. The standard InChI is InChI=1S/C25H26N2O3/c1-29-22-15-19-13-14-27(17-24(28)26-20-11-7-4-8-12-20)25(18-9-5-3-6-10-18)21(19)16-23(22)30-2/h3-12,15-16,25H,13-14,17H2,1-2H3,(H,26,28)/t25-/m0/s1. The SMILES string of the molecule is COc1cc2c(cc1OC)[C@H](c1ccccc1)N(CC(=O)Nc1ccccc1)CC2. The van der Waals surface area contributed by atoms with Crippen LogP contribution in [-0.4, -0.2) is 38.1 Å². The molecule has 0 bridgehead atoms. The third kappa shape index (κ3) is 4.16. The van der Waals surface area contributed by atoms with Crippen LogP contribution in [0.1, 0.15) is 22.7 Å². The molecule has 0 unspecified atom stereocenters. The van der Waals surface area contributed by atoms with Gasteiger partial charge in [-0.3, -0.25) is 9.69 Å². The van der Waals surface area contributed by atoms with E-state index in [4.69, 9.17) is 9.47 Å². The van der Waals surface area contributed by atoms with Crippen molar-refractivity contribution in [1.29, 1.82) is 0 Å². The van der Waals surface area contributed by atoms with Crippen LogP contribution >= 0.6 is 0 Å². The maximum absolute atomic E-state index is 12.8. The molecule has 1 amide bonds. The molecule has 3 aromatic rings. The van der Waals surface area contributed by atoms with Gasteiger partial charge in [0, 0.05) is 12.2 Å². The first kappa shape index (κ1) is 20.0. The van der Waals surface area contributed by atoms with Crippen molar-refractivity contribution in [3.05, 3.63) is 89.5 Å². The predicted octanol–water partition coefficient (Wildman–Crippen LogP) is 4.29. The predicted molar refractivity (Wildman–Crippen MR) is 118 cm³/mol. The fourth-order valence-corrected chi connectivity index (χ4v) is 4.10. The number of hydrogen-bond donors (Lipinski definition) is 1. The van der Waals surface area contributed by atoms with Crippen LogP contribution in [0.4, 0.5) is 5.69 Å². The zero-order valence-corrected chi connectivity index (χ0v) is 17.3. The number of nitrogens with zero attached hydrogens (tertiary/aromatic N) is 1. The summed E-state index contributed by atoms with van der Waals surface area (Å²) in [6.45, 7) is 1.09. The molecule has 154 valence electrons. The highest BCUT2D eigenvalue weighted by Crippen LogP contribution is 2.40. The maximum atomic E-state index is 12.8. The van der Waals surface area contributed by atoms with E-state index in [-0.39, 0.29) is 11.9 Å². The number of methoxy groups -OCH3 is 2. The van der Waals surface area contributed by atoms with E-state index in [9.17, 15) is 4.79 Å². The number of anilines is 1. The Morgan fingerprint density at radius 3 is 2.27 bits per heavy atom. The number of ether oxygens (including phenoxy) is 2. The van der Waals surface area contributed by atoms with E-state index >= 15 is 0 Å². The highest BCUT2D eigenvalue weighted by atomic mass is 16.5. The van der Waals surface area contributed by atoms with Crippen LogP contribution in [-0.2, 0) is 11.2 Å². The Morgan fingerprint density at radius 2 is 1.60 bits per heavy atom. The molecule has 1 N–H and O–H groups in total. The molecular weight excluding hydrogens is 376 g/mol. The van der Waals surface area contributed by atoms with Gasteiger partial charge in [-0.1, -0.05) is 48.5 Å². The van der Waals surface area contributed by atoms with Crippen molar-refractivity contribution in [2.24, 2.45) is 0 Å². The number of nitrogens with one attached hydrogen (secondary N) is 1. The van der Waals surface area contributed by atoms with E-state index in [1.165, 1.54) is 5.56 Å². The Labute approximate surface area is 177 Å². The summed E-state index contributed by atoms with van der Waals surface area (Å²) in [5.74, 6) is 1.41. The minimum Gasteiger partial charge on any atom is -0.493 e. The van der Waals surface area contributed by atoms with Crippen LogP contribution in [0.15, 0.2) is 72.8 Å². The van der Waals surface area contributed by atoms with E-state index < -0.39 is 0 Å². The average Bonchev–Trinajstić information content (AvgIpc) is 2.79. The number of amides is 1. The van der Waals surface area contributed by atoms with Crippen LogP contribution in [0, 0.1) is 0 Å². The van der Waals surface area contributed by atoms with Gasteiger partial charge in [0.2, 0.25) is 5.91 Å². The molecule has 1 aliphatic heterocycles. The summed E-state index contributed by atoms with van der Waals surface area (Å²) in [5, 5.41) is 3.00. The molecule has 5 heteroatoms. The molecule has 0 aromatic heterocycles. The lowest BCUT2D eigenvalue weighted by Crippen LogP contribution is -2.41. The lowest BCUT2D eigenvalue weighted by Gasteiger charge is -2.37. The quantitative estimate of drug-likeness (QED) is 0.668. The van der Waals surface area contributed by atoms with Gasteiger partial charge in [-0.2, -0.15) is 0 Å². The number of fused-ring (bicyclic) bond motifs is 1. The van der Waals surface area contributed by atoms with Gasteiger partial charge in [-0.05, 0) is 47.4 Å². The van der Waals surface area contributed by atoms with E-state index in [0.29, 0.717) is 12.3 Å². The van der Waals surface area contributed by atoms with Crippen LogP contribution < -0.4 is 14.8 Å². The van der Waals surface area contributed by atoms with Crippen LogP contribution in [0.5, 0.6) is 11.5 Å². The van der Waals surface area contributed by atoms with Gasteiger partial charge in [0.1, 0.15) is 0 Å².